The van der Waals surface area contributed by atoms with Crippen molar-refractivity contribution in [2.45, 2.75) is 31.8 Å². The predicted octanol–water partition coefficient (Wildman–Crippen LogP) is 3.58. The van der Waals surface area contributed by atoms with E-state index in [0.717, 1.165) is 39.1 Å². The van der Waals surface area contributed by atoms with Gasteiger partial charge in [0.1, 0.15) is 0 Å². The second kappa shape index (κ2) is 7.62. The molecule has 2 unspecified atom stereocenters. The molecule has 2 fully saturated rings. The van der Waals surface area contributed by atoms with Crippen LogP contribution in [0.1, 0.15) is 29.7 Å². The lowest BCUT2D eigenvalue weighted by atomic mass is 9.89. The molecule has 2 aromatic rings. The monoisotopic (exact) mass is 382 g/mol. The van der Waals surface area contributed by atoms with E-state index < -0.39 is 0 Å². The van der Waals surface area contributed by atoms with Crippen molar-refractivity contribution in [3.63, 3.8) is 0 Å². The van der Waals surface area contributed by atoms with Gasteiger partial charge in [-0.3, -0.25) is 5.01 Å². The summed E-state index contributed by atoms with van der Waals surface area (Å²) in [6, 6.07) is 8.78. The molecule has 142 valence electrons. The maximum atomic E-state index is 5.94. The molecule has 2 saturated heterocycles. The first kappa shape index (κ1) is 17.2. The third-order valence-corrected chi connectivity index (χ3v) is 6.81. The van der Waals surface area contributed by atoms with Crippen molar-refractivity contribution in [2.75, 3.05) is 36.1 Å². The number of hydrogen-bond donors (Lipinski definition) is 1. The van der Waals surface area contributed by atoms with Gasteiger partial charge >= 0.3 is 0 Å². The van der Waals surface area contributed by atoms with E-state index in [4.69, 9.17) is 9.72 Å². The quantitative estimate of drug-likeness (QED) is 0.875. The predicted molar refractivity (Wildman–Crippen MR) is 110 cm³/mol. The van der Waals surface area contributed by atoms with Crippen molar-refractivity contribution in [2.24, 2.45) is 5.92 Å². The first-order chi connectivity index (χ1) is 13.3. The van der Waals surface area contributed by atoms with Crippen molar-refractivity contribution >= 4 is 22.2 Å². The fraction of sp³-hybridized carbons (Fsp3) is 0.476. The van der Waals surface area contributed by atoms with Crippen molar-refractivity contribution in [3.8, 4) is 0 Å². The topological polar surface area (TPSA) is 40.6 Å². The third kappa shape index (κ3) is 3.74. The zero-order chi connectivity index (χ0) is 18.1. The SMILES string of the molecule is C1=CN(c2ccc(Cc3cnc(N4CCC5OCCCC5C4)s3)cc2)NC1. The van der Waals surface area contributed by atoms with Crippen LogP contribution in [0.3, 0.4) is 0 Å². The second-order valence-electron chi connectivity index (χ2n) is 7.62. The number of hydrogen-bond acceptors (Lipinski definition) is 6. The van der Waals surface area contributed by atoms with E-state index >= 15 is 0 Å². The number of fused-ring (bicyclic) bond motifs is 1. The maximum Gasteiger partial charge on any atom is 0.185 e. The Hall–Kier alpha value is -1.89. The highest BCUT2D eigenvalue weighted by atomic mass is 32.1. The summed E-state index contributed by atoms with van der Waals surface area (Å²) in [7, 11) is 0. The van der Waals surface area contributed by atoms with Crippen LogP contribution in [-0.2, 0) is 11.2 Å². The van der Waals surface area contributed by atoms with Gasteiger partial charge in [-0.25, -0.2) is 10.4 Å². The summed E-state index contributed by atoms with van der Waals surface area (Å²) in [6.07, 6.45) is 11.3. The summed E-state index contributed by atoms with van der Waals surface area (Å²) in [5.74, 6) is 0.681. The zero-order valence-corrected chi connectivity index (χ0v) is 16.3. The van der Waals surface area contributed by atoms with Gasteiger partial charge in [0.2, 0.25) is 0 Å². The van der Waals surface area contributed by atoms with Crippen LogP contribution in [0.5, 0.6) is 0 Å². The number of benzene rings is 1. The number of hydrazine groups is 1. The summed E-state index contributed by atoms with van der Waals surface area (Å²) >= 11 is 1.84. The number of nitrogens with one attached hydrogen (secondary N) is 1. The summed E-state index contributed by atoms with van der Waals surface area (Å²) in [5, 5.41) is 3.24. The molecule has 0 spiro atoms. The van der Waals surface area contributed by atoms with E-state index in [1.807, 2.05) is 11.3 Å². The molecule has 1 aromatic carbocycles. The highest BCUT2D eigenvalue weighted by Crippen LogP contribution is 2.33. The molecule has 3 aliphatic rings. The summed E-state index contributed by atoms with van der Waals surface area (Å²) in [6.45, 7) is 4.02. The molecule has 4 heterocycles. The highest BCUT2D eigenvalue weighted by Gasteiger charge is 2.32. The molecule has 3 aliphatic heterocycles. The Bertz CT molecular complexity index is 803. The molecule has 5 nitrogen and oxygen atoms in total. The lowest BCUT2D eigenvalue weighted by molar-refractivity contribution is -0.0357. The molecule has 6 heteroatoms. The van der Waals surface area contributed by atoms with Crippen molar-refractivity contribution in [1.82, 2.24) is 10.4 Å². The Morgan fingerprint density at radius 3 is 3.00 bits per heavy atom. The zero-order valence-electron chi connectivity index (χ0n) is 15.5. The van der Waals surface area contributed by atoms with E-state index in [2.05, 4.69) is 58.1 Å². The molecule has 1 N–H and O–H groups in total. The molecule has 0 bridgehead atoms. The van der Waals surface area contributed by atoms with Gasteiger partial charge in [0.25, 0.3) is 0 Å². The van der Waals surface area contributed by atoms with Gasteiger partial charge in [-0.15, -0.1) is 11.3 Å². The summed E-state index contributed by atoms with van der Waals surface area (Å²) in [4.78, 5) is 8.53. The fourth-order valence-electron chi connectivity index (χ4n) is 4.30. The van der Waals surface area contributed by atoms with Crippen LogP contribution in [0.4, 0.5) is 10.8 Å². The average Bonchev–Trinajstić information content (AvgIpc) is 3.41. The molecule has 0 aliphatic carbocycles. The van der Waals surface area contributed by atoms with Gasteiger partial charge in [0, 0.05) is 55.9 Å². The number of rotatable bonds is 4. The van der Waals surface area contributed by atoms with Crippen molar-refractivity contribution in [1.29, 1.82) is 0 Å². The van der Waals surface area contributed by atoms with Crippen molar-refractivity contribution < 1.29 is 4.74 Å². The second-order valence-corrected chi connectivity index (χ2v) is 8.71. The largest absolute Gasteiger partial charge is 0.378 e. The minimum Gasteiger partial charge on any atom is -0.378 e. The lowest BCUT2D eigenvalue weighted by Crippen LogP contribution is -2.46. The minimum atomic E-state index is 0.480. The van der Waals surface area contributed by atoms with E-state index in [1.54, 1.807) is 0 Å². The van der Waals surface area contributed by atoms with Crippen LogP contribution in [0.15, 0.2) is 42.7 Å². The van der Waals surface area contributed by atoms with E-state index in [0.29, 0.717) is 12.0 Å². The fourth-order valence-corrected chi connectivity index (χ4v) is 5.28. The number of nitrogens with zero attached hydrogens (tertiary/aromatic N) is 3. The van der Waals surface area contributed by atoms with Crippen LogP contribution < -0.4 is 15.3 Å². The number of ether oxygens (including phenoxy) is 1. The first-order valence-corrected chi connectivity index (χ1v) is 10.8. The Kier molecular flexibility index (Phi) is 4.86. The van der Waals surface area contributed by atoms with Gasteiger partial charge < -0.3 is 9.64 Å². The molecule has 2 atom stereocenters. The first-order valence-electron chi connectivity index (χ1n) is 9.95. The maximum absolute atomic E-state index is 5.94. The average molecular weight is 383 g/mol. The van der Waals surface area contributed by atoms with Gasteiger partial charge in [0.05, 0.1) is 11.8 Å². The molecular weight excluding hydrogens is 356 g/mol. The number of thiazole rings is 1. The lowest BCUT2D eigenvalue weighted by Gasteiger charge is -2.40. The van der Waals surface area contributed by atoms with Gasteiger partial charge in [-0.1, -0.05) is 18.2 Å². The highest BCUT2D eigenvalue weighted by molar-refractivity contribution is 7.15. The molecule has 0 radical (unpaired) electrons. The molecular formula is C21H26N4OS. The van der Waals surface area contributed by atoms with Crippen LogP contribution in [0, 0.1) is 5.92 Å². The normalized spacial score (nSPS) is 25.0. The van der Waals surface area contributed by atoms with Crippen LogP contribution in [0.25, 0.3) is 0 Å². The molecule has 27 heavy (non-hydrogen) atoms. The van der Waals surface area contributed by atoms with Gasteiger partial charge in [-0.05, 0) is 37.0 Å². The Balaban J connectivity index is 1.22. The number of piperidine rings is 1. The molecule has 0 amide bonds. The molecule has 5 rings (SSSR count). The molecule has 1 aromatic heterocycles. The molecule has 0 saturated carbocycles. The Labute approximate surface area is 164 Å². The van der Waals surface area contributed by atoms with E-state index in [1.165, 1.54) is 34.1 Å². The Morgan fingerprint density at radius 2 is 2.15 bits per heavy atom. The summed E-state index contributed by atoms with van der Waals surface area (Å²) in [5.41, 5.74) is 5.81. The Morgan fingerprint density at radius 1 is 1.22 bits per heavy atom. The van der Waals surface area contributed by atoms with Crippen LogP contribution in [0.2, 0.25) is 0 Å². The van der Waals surface area contributed by atoms with E-state index in [-0.39, 0.29) is 0 Å². The van der Waals surface area contributed by atoms with Crippen LogP contribution in [-0.4, -0.2) is 37.3 Å². The smallest absolute Gasteiger partial charge is 0.185 e. The standard InChI is InChI=1S/C21H26N4OS/c1-3-17-15-24(11-8-20(17)26-12-1)21-22-14-19(27-21)13-16-4-6-18(7-5-16)25-10-2-9-23-25/h2,4-7,10,14,17,20,23H,1,3,8-9,11-13,15H2. The van der Waals surface area contributed by atoms with E-state index in [9.17, 15) is 0 Å². The van der Waals surface area contributed by atoms with Gasteiger partial charge in [-0.2, -0.15) is 0 Å². The summed E-state index contributed by atoms with van der Waals surface area (Å²) < 4.78 is 5.94. The van der Waals surface area contributed by atoms with Crippen molar-refractivity contribution in [3.05, 3.63) is 53.2 Å². The third-order valence-electron chi connectivity index (χ3n) is 5.75. The van der Waals surface area contributed by atoms with Gasteiger partial charge in [0.15, 0.2) is 5.13 Å². The van der Waals surface area contributed by atoms with Crippen LogP contribution >= 0.6 is 11.3 Å². The number of aromatic nitrogens is 1. The number of anilines is 2. The minimum absolute atomic E-state index is 0.480.